The predicted octanol–water partition coefficient (Wildman–Crippen LogP) is 4.82. The van der Waals surface area contributed by atoms with Crippen molar-refractivity contribution in [2.75, 3.05) is 44.4 Å². The second-order valence-electron chi connectivity index (χ2n) is 10.1. The van der Waals surface area contributed by atoms with Gasteiger partial charge >= 0.3 is 6.18 Å². The maximum absolute atomic E-state index is 13.9. The van der Waals surface area contributed by atoms with Crippen LogP contribution in [0.3, 0.4) is 0 Å². The van der Waals surface area contributed by atoms with Crippen molar-refractivity contribution in [1.82, 2.24) is 19.9 Å². The SMILES string of the molecule is CCOc1ccc(C(=O)N2CCN(c3ccc(-c4cccnc4OCC)nc3OC[C@H](C)N)[C@H](CC)C2)c(C(F)(F)F)n1. The molecule has 13 heteroatoms. The number of amides is 1. The molecule has 0 unspecified atom stereocenters. The third kappa shape index (κ3) is 7.45. The molecule has 1 fully saturated rings. The third-order valence-electron chi connectivity index (χ3n) is 6.86. The van der Waals surface area contributed by atoms with Crippen molar-refractivity contribution < 1.29 is 32.2 Å². The summed E-state index contributed by atoms with van der Waals surface area (Å²) in [5.41, 5.74) is 6.21. The fraction of sp³-hybridized carbons (Fsp3) is 0.467. The number of ether oxygens (including phenoxy) is 3. The molecule has 0 saturated carbocycles. The molecular weight excluding hydrogens is 565 g/mol. The first kappa shape index (κ1) is 31.8. The molecule has 232 valence electrons. The topological polar surface area (TPSA) is 116 Å². The molecule has 43 heavy (non-hydrogen) atoms. The van der Waals surface area contributed by atoms with E-state index in [9.17, 15) is 18.0 Å². The van der Waals surface area contributed by atoms with E-state index < -0.39 is 23.3 Å². The summed E-state index contributed by atoms with van der Waals surface area (Å²) in [4.78, 5) is 29.7. The first-order valence-electron chi connectivity index (χ1n) is 14.3. The number of nitrogens with zero attached hydrogens (tertiary/aromatic N) is 5. The number of hydrogen-bond acceptors (Lipinski definition) is 9. The van der Waals surface area contributed by atoms with Gasteiger partial charge in [0.1, 0.15) is 12.3 Å². The number of rotatable bonds is 11. The van der Waals surface area contributed by atoms with Crippen LogP contribution < -0.4 is 24.8 Å². The summed E-state index contributed by atoms with van der Waals surface area (Å²) in [6, 6.07) is 9.34. The summed E-state index contributed by atoms with van der Waals surface area (Å²) in [6.07, 6.45) is -2.56. The molecule has 2 atom stereocenters. The molecule has 0 bridgehead atoms. The number of aromatic nitrogens is 3. The minimum atomic E-state index is -4.82. The molecule has 10 nitrogen and oxygen atoms in total. The second kappa shape index (κ2) is 13.9. The van der Waals surface area contributed by atoms with Gasteiger partial charge in [0.2, 0.25) is 17.6 Å². The van der Waals surface area contributed by atoms with Gasteiger partial charge in [0, 0.05) is 44.0 Å². The molecule has 3 aromatic rings. The summed E-state index contributed by atoms with van der Waals surface area (Å²) < 4.78 is 58.5. The largest absolute Gasteiger partial charge is 0.478 e. The van der Waals surface area contributed by atoms with Crippen molar-refractivity contribution in [3.05, 3.63) is 53.9 Å². The Morgan fingerprint density at radius 2 is 1.79 bits per heavy atom. The predicted molar refractivity (Wildman–Crippen MR) is 156 cm³/mol. The van der Waals surface area contributed by atoms with Gasteiger partial charge in [0.15, 0.2) is 5.69 Å². The van der Waals surface area contributed by atoms with Crippen molar-refractivity contribution in [3.8, 4) is 28.9 Å². The Kier molecular flexibility index (Phi) is 10.3. The summed E-state index contributed by atoms with van der Waals surface area (Å²) in [7, 11) is 0. The molecule has 4 rings (SSSR count). The highest BCUT2D eigenvalue weighted by Gasteiger charge is 2.40. The number of carbonyl (C=O) groups excluding carboxylic acids is 1. The van der Waals surface area contributed by atoms with Crippen LogP contribution in [0, 0.1) is 0 Å². The highest BCUT2D eigenvalue weighted by Crippen LogP contribution is 2.37. The van der Waals surface area contributed by atoms with E-state index in [-0.39, 0.29) is 44.3 Å². The molecule has 0 aliphatic carbocycles. The molecule has 1 saturated heterocycles. The number of anilines is 1. The minimum Gasteiger partial charge on any atom is -0.478 e. The molecule has 0 radical (unpaired) electrons. The van der Waals surface area contributed by atoms with Crippen LogP contribution >= 0.6 is 0 Å². The first-order chi connectivity index (χ1) is 20.6. The summed E-state index contributed by atoms with van der Waals surface area (Å²) in [6.45, 7) is 8.84. The second-order valence-corrected chi connectivity index (χ2v) is 10.1. The molecule has 1 aliphatic heterocycles. The normalized spacial score (nSPS) is 16.1. The van der Waals surface area contributed by atoms with E-state index in [2.05, 4.69) is 14.9 Å². The van der Waals surface area contributed by atoms with Crippen molar-refractivity contribution >= 4 is 11.6 Å². The molecular formula is C30H37F3N6O4. The number of hydrogen-bond donors (Lipinski definition) is 1. The van der Waals surface area contributed by atoms with Gasteiger partial charge in [-0.2, -0.15) is 13.2 Å². The summed E-state index contributed by atoms with van der Waals surface area (Å²) in [5, 5.41) is 0. The number of piperazine rings is 1. The smallest absolute Gasteiger partial charge is 0.434 e. The minimum absolute atomic E-state index is 0.152. The fourth-order valence-electron chi connectivity index (χ4n) is 4.89. The summed E-state index contributed by atoms with van der Waals surface area (Å²) >= 11 is 0. The van der Waals surface area contributed by atoms with Gasteiger partial charge < -0.3 is 29.7 Å². The lowest BCUT2D eigenvalue weighted by Gasteiger charge is -2.43. The number of pyridine rings is 3. The van der Waals surface area contributed by atoms with E-state index in [0.717, 1.165) is 6.07 Å². The highest BCUT2D eigenvalue weighted by molar-refractivity contribution is 5.95. The lowest BCUT2D eigenvalue weighted by molar-refractivity contribution is -0.141. The lowest BCUT2D eigenvalue weighted by atomic mass is 10.1. The van der Waals surface area contributed by atoms with E-state index >= 15 is 0 Å². The molecule has 2 N–H and O–H groups in total. The van der Waals surface area contributed by atoms with Crippen LogP contribution in [0.1, 0.15) is 50.2 Å². The van der Waals surface area contributed by atoms with Crippen LogP contribution in [0.15, 0.2) is 42.6 Å². The third-order valence-corrected chi connectivity index (χ3v) is 6.86. The molecule has 4 heterocycles. The Bertz CT molecular complexity index is 1400. The van der Waals surface area contributed by atoms with Crippen LogP contribution in [0.2, 0.25) is 0 Å². The standard InChI is InChI=1S/C30H37F3N6O4/c1-5-20-17-38(29(40)22-10-13-25(41-6-2)37-26(22)30(31,32)33)15-16-39(20)24-12-11-23(36-28(24)43-18-19(4)34)21-9-8-14-35-27(21)42-7-3/h8-14,19-20H,5-7,15-18,34H2,1-4H3/t19-,20+/m0/s1. The lowest BCUT2D eigenvalue weighted by Crippen LogP contribution is -2.55. The zero-order valence-corrected chi connectivity index (χ0v) is 24.7. The Morgan fingerprint density at radius 3 is 2.47 bits per heavy atom. The van der Waals surface area contributed by atoms with E-state index in [1.54, 1.807) is 19.2 Å². The molecule has 0 spiro atoms. The quantitative estimate of drug-likeness (QED) is 0.330. The van der Waals surface area contributed by atoms with Gasteiger partial charge in [-0.1, -0.05) is 6.92 Å². The zero-order chi connectivity index (χ0) is 31.1. The number of carbonyl (C=O) groups is 1. The Hall–Kier alpha value is -4.13. The fourth-order valence-corrected chi connectivity index (χ4v) is 4.89. The van der Waals surface area contributed by atoms with Gasteiger partial charge in [-0.05, 0) is 57.5 Å². The Balaban J connectivity index is 1.63. The van der Waals surface area contributed by atoms with Crippen molar-refractivity contribution in [1.29, 1.82) is 0 Å². The van der Waals surface area contributed by atoms with Gasteiger partial charge in [-0.3, -0.25) is 4.79 Å². The first-order valence-corrected chi connectivity index (χ1v) is 14.3. The zero-order valence-electron chi connectivity index (χ0n) is 24.7. The molecule has 1 amide bonds. The number of halogens is 3. The molecule has 0 aromatic carbocycles. The average molecular weight is 603 g/mol. The van der Waals surface area contributed by atoms with Crippen molar-refractivity contribution in [3.63, 3.8) is 0 Å². The number of alkyl halides is 3. The van der Waals surface area contributed by atoms with Gasteiger partial charge in [-0.25, -0.2) is 15.0 Å². The van der Waals surface area contributed by atoms with E-state index in [4.69, 9.17) is 24.9 Å². The van der Waals surface area contributed by atoms with Gasteiger partial charge in [0.05, 0.1) is 30.0 Å². The van der Waals surface area contributed by atoms with Crippen LogP contribution in [0.25, 0.3) is 11.3 Å². The molecule has 3 aromatic heterocycles. The van der Waals surface area contributed by atoms with Gasteiger partial charge in [-0.15, -0.1) is 0 Å². The van der Waals surface area contributed by atoms with Crippen molar-refractivity contribution in [2.45, 2.75) is 52.4 Å². The summed E-state index contributed by atoms with van der Waals surface area (Å²) in [5.74, 6) is -0.112. The van der Waals surface area contributed by atoms with Crippen LogP contribution in [-0.4, -0.2) is 77.3 Å². The average Bonchev–Trinajstić information content (AvgIpc) is 2.99. The maximum atomic E-state index is 13.9. The monoisotopic (exact) mass is 602 g/mol. The van der Waals surface area contributed by atoms with Crippen LogP contribution in [0.5, 0.6) is 17.6 Å². The van der Waals surface area contributed by atoms with E-state index in [1.165, 1.54) is 11.0 Å². The molecule has 1 aliphatic rings. The maximum Gasteiger partial charge on any atom is 0.434 e. The Labute approximate surface area is 249 Å². The van der Waals surface area contributed by atoms with Crippen molar-refractivity contribution in [2.24, 2.45) is 5.73 Å². The van der Waals surface area contributed by atoms with E-state index in [1.807, 2.05) is 39.0 Å². The van der Waals surface area contributed by atoms with E-state index in [0.29, 0.717) is 48.3 Å². The van der Waals surface area contributed by atoms with Crippen LogP contribution in [0.4, 0.5) is 18.9 Å². The van der Waals surface area contributed by atoms with Crippen LogP contribution in [-0.2, 0) is 6.18 Å². The number of nitrogens with two attached hydrogens (primary N) is 1. The van der Waals surface area contributed by atoms with Gasteiger partial charge in [0.25, 0.3) is 5.91 Å². The Morgan fingerprint density at radius 1 is 1.02 bits per heavy atom. The highest BCUT2D eigenvalue weighted by atomic mass is 19.4.